The van der Waals surface area contributed by atoms with Gasteiger partial charge in [-0.3, -0.25) is 4.79 Å². The Morgan fingerprint density at radius 1 is 0.947 bits per heavy atom. The van der Waals surface area contributed by atoms with Crippen molar-refractivity contribution < 1.29 is 9.53 Å². The molecule has 2 rings (SSSR count). The summed E-state index contributed by atoms with van der Waals surface area (Å²) in [5, 5.41) is 2.51. The van der Waals surface area contributed by atoms with Gasteiger partial charge in [-0.2, -0.15) is 0 Å². The van der Waals surface area contributed by atoms with E-state index in [1.54, 1.807) is 0 Å². The molecule has 0 N–H and O–H groups in total. The van der Waals surface area contributed by atoms with E-state index in [9.17, 15) is 4.79 Å². The van der Waals surface area contributed by atoms with Crippen LogP contribution in [0.1, 0.15) is 0 Å². The van der Waals surface area contributed by atoms with E-state index < -0.39 is 8.07 Å². The highest BCUT2D eigenvalue weighted by atomic mass is 28.3. The van der Waals surface area contributed by atoms with Gasteiger partial charge in [0.2, 0.25) is 0 Å². The summed E-state index contributed by atoms with van der Waals surface area (Å²) in [6, 6.07) is 21.0. The molecule has 0 heterocycles. The summed E-state index contributed by atoms with van der Waals surface area (Å²) in [5.74, 6) is -0.137. The van der Waals surface area contributed by atoms with E-state index in [4.69, 9.17) is 4.74 Å². The Hall–Kier alpha value is -1.87. The van der Waals surface area contributed by atoms with Crippen molar-refractivity contribution in [3.63, 3.8) is 0 Å². The Balaban J connectivity index is 2.47. The van der Waals surface area contributed by atoms with Crippen LogP contribution in [0, 0.1) is 0 Å². The number of carbonyl (C=O) groups excluding carboxylic acids is 1. The SMILES string of the molecule is COC(=O)C[Si](C)(c1ccccc1)c1ccccc1. The van der Waals surface area contributed by atoms with E-state index in [-0.39, 0.29) is 5.97 Å². The molecule has 0 atom stereocenters. The van der Waals surface area contributed by atoms with Gasteiger partial charge in [0.05, 0.1) is 7.11 Å². The van der Waals surface area contributed by atoms with Gasteiger partial charge >= 0.3 is 5.97 Å². The van der Waals surface area contributed by atoms with Crippen molar-refractivity contribution >= 4 is 24.4 Å². The summed E-state index contributed by atoms with van der Waals surface area (Å²) in [6.07, 6.45) is 0. The lowest BCUT2D eigenvalue weighted by molar-refractivity contribution is -0.138. The molecule has 2 nitrogen and oxygen atoms in total. The van der Waals surface area contributed by atoms with Crippen molar-refractivity contribution in [3.05, 3.63) is 60.7 Å². The maximum Gasteiger partial charge on any atom is 0.303 e. The van der Waals surface area contributed by atoms with Crippen LogP contribution in [0.25, 0.3) is 0 Å². The first-order valence-electron chi connectivity index (χ1n) is 6.34. The molecular weight excluding hydrogens is 252 g/mol. The van der Waals surface area contributed by atoms with Crippen LogP contribution < -0.4 is 10.4 Å². The zero-order valence-electron chi connectivity index (χ0n) is 11.3. The van der Waals surface area contributed by atoms with Crippen LogP contribution >= 0.6 is 0 Å². The summed E-state index contributed by atoms with van der Waals surface area (Å²) < 4.78 is 4.88. The van der Waals surface area contributed by atoms with Crippen LogP contribution in [0.3, 0.4) is 0 Å². The average molecular weight is 270 g/mol. The molecule has 0 aliphatic heterocycles. The predicted molar refractivity (Wildman–Crippen MR) is 80.6 cm³/mol. The van der Waals surface area contributed by atoms with E-state index in [2.05, 4.69) is 30.8 Å². The molecule has 2 aromatic rings. The summed E-state index contributed by atoms with van der Waals surface area (Å²) in [5.41, 5.74) is 0. The maximum atomic E-state index is 11.8. The predicted octanol–water partition coefficient (Wildman–Crippen LogP) is 2.05. The zero-order chi connectivity index (χ0) is 13.7. The van der Waals surface area contributed by atoms with E-state index in [1.165, 1.54) is 17.5 Å². The highest BCUT2D eigenvalue weighted by Crippen LogP contribution is 2.12. The molecule has 0 amide bonds. The van der Waals surface area contributed by atoms with Gasteiger partial charge in [-0.25, -0.2) is 0 Å². The number of esters is 1. The molecule has 0 fully saturated rings. The van der Waals surface area contributed by atoms with Crippen LogP contribution in [0.4, 0.5) is 0 Å². The molecule has 98 valence electrons. The standard InChI is InChI=1S/C16H18O2Si/c1-18-16(17)13-19(2,14-9-5-3-6-10-14)15-11-7-4-8-12-15/h3-12H,13H2,1-2H3. The lowest BCUT2D eigenvalue weighted by Gasteiger charge is -2.27. The van der Waals surface area contributed by atoms with Crippen molar-refractivity contribution in [2.45, 2.75) is 12.6 Å². The van der Waals surface area contributed by atoms with Crippen LogP contribution in [-0.2, 0) is 9.53 Å². The fourth-order valence-corrected chi connectivity index (χ4v) is 5.66. The number of carbonyl (C=O) groups is 1. The molecule has 0 unspecified atom stereocenters. The molecule has 19 heavy (non-hydrogen) atoms. The Labute approximate surface area is 115 Å². The Kier molecular flexibility index (Phi) is 4.17. The quantitative estimate of drug-likeness (QED) is 0.628. The molecule has 0 radical (unpaired) electrons. The Morgan fingerprint density at radius 2 is 1.37 bits per heavy atom. The third-order valence-corrected chi connectivity index (χ3v) is 7.76. The van der Waals surface area contributed by atoms with Crippen LogP contribution in [0.2, 0.25) is 12.6 Å². The van der Waals surface area contributed by atoms with Gasteiger partial charge in [0.15, 0.2) is 0 Å². The number of methoxy groups -OCH3 is 1. The Bertz CT molecular complexity index is 498. The van der Waals surface area contributed by atoms with Crippen molar-refractivity contribution in [3.8, 4) is 0 Å². The molecule has 0 saturated heterocycles. The number of rotatable bonds is 4. The summed E-state index contributed by atoms with van der Waals surface area (Å²) >= 11 is 0. The van der Waals surface area contributed by atoms with Gasteiger partial charge in [-0.15, -0.1) is 0 Å². The minimum atomic E-state index is -2.06. The number of hydrogen-bond donors (Lipinski definition) is 0. The van der Waals surface area contributed by atoms with Crippen molar-refractivity contribution in [2.75, 3.05) is 7.11 Å². The number of benzene rings is 2. The fraction of sp³-hybridized carbons (Fsp3) is 0.188. The van der Waals surface area contributed by atoms with Gasteiger partial charge in [0, 0.05) is 6.04 Å². The normalized spacial score (nSPS) is 11.1. The minimum Gasteiger partial charge on any atom is -0.469 e. The number of ether oxygens (including phenoxy) is 1. The van der Waals surface area contributed by atoms with E-state index >= 15 is 0 Å². The van der Waals surface area contributed by atoms with Gasteiger partial charge in [-0.05, 0) is 0 Å². The van der Waals surface area contributed by atoms with Gasteiger partial charge in [0.1, 0.15) is 8.07 Å². The lowest BCUT2D eigenvalue weighted by atomic mass is 10.4. The summed E-state index contributed by atoms with van der Waals surface area (Å²) in [4.78, 5) is 11.8. The molecule has 0 aromatic heterocycles. The van der Waals surface area contributed by atoms with Gasteiger partial charge in [-0.1, -0.05) is 77.6 Å². The molecule has 3 heteroatoms. The van der Waals surface area contributed by atoms with E-state index in [0.29, 0.717) is 6.04 Å². The van der Waals surface area contributed by atoms with E-state index in [1.807, 2.05) is 36.4 Å². The average Bonchev–Trinajstić information content (AvgIpc) is 2.48. The third kappa shape index (κ3) is 2.93. The summed E-state index contributed by atoms with van der Waals surface area (Å²) in [6.45, 7) is 2.22. The van der Waals surface area contributed by atoms with Gasteiger partial charge < -0.3 is 4.74 Å². The fourth-order valence-electron chi connectivity index (χ4n) is 2.34. The molecule has 0 saturated carbocycles. The largest absolute Gasteiger partial charge is 0.469 e. The van der Waals surface area contributed by atoms with Crippen molar-refractivity contribution in [1.82, 2.24) is 0 Å². The number of hydrogen-bond acceptors (Lipinski definition) is 2. The first-order chi connectivity index (χ1) is 9.16. The third-order valence-electron chi connectivity index (χ3n) is 3.55. The van der Waals surface area contributed by atoms with Crippen LogP contribution in [0.15, 0.2) is 60.7 Å². The van der Waals surface area contributed by atoms with Crippen molar-refractivity contribution in [2.24, 2.45) is 0 Å². The zero-order valence-corrected chi connectivity index (χ0v) is 12.3. The molecular formula is C16H18O2Si. The summed E-state index contributed by atoms with van der Waals surface area (Å²) in [7, 11) is -0.609. The second kappa shape index (κ2) is 5.84. The van der Waals surface area contributed by atoms with Crippen LogP contribution in [-0.4, -0.2) is 21.2 Å². The Morgan fingerprint density at radius 3 is 1.74 bits per heavy atom. The molecule has 0 spiro atoms. The monoisotopic (exact) mass is 270 g/mol. The minimum absolute atomic E-state index is 0.137. The molecule has 0 aliphatic carbocycles. The van der Waals surface area contributed by atoms with Crippen LogP contribution in [0.5, 0.6) is 0 Å². The smallest absolute Gasteiger partial charge is 0.303 e. The highest BCUT2D eigenvalue weighted by Gasteiger charge is 2.34. The lowest BCUT2D eigenvalue weighted by Crippen LogP contribution is -2.56. The first kappa shape index (κ1) is 13.6. The molecule has 2 aromatic carbocycles. The van der Waals surface area contributed by atoms with E-state index in [0.717, 1.165) is 0 Å². The molecule has 0 aliphatic rings. The first-order valence-corrected chi connectivity index (χ1v) is 9.05. The van der Waals surface area contributed by atoms with Crippen molar-refractivity contribution in [1.29, 1.82) is 0 Å². The topological polar surface area (TPSA) is 26.3 Å². The second-order valence-electron chi connectivity index (χ2n) is 4.82. The highest BCUT2D eigenvalue weighted by molar-refractivity contribution is 7.02. The molecule has 0 bridgehead atoms. The maximum absolute atomic E-state index is 11.8. The van der Waals surface area contributed by atoms with Gasteiger partial charge in [0.25, 0.3) is 0 Å². The second-order valence-corrected chi connectivity index (χ2v) is 8.99.